The van der Waals surface area contributed by atoms with Gasteiger partial charge in [-0.1, -0.05) is 35.9 Å². The molecule has 21 heavy (non-hydrogen) atoms. The van der Waals surface area contributed by atoms with E-state index in [9.17, 15) is 4.79 Å². The highest BCUT2D eigenvalue weighted by Gasteiger charge is 2.20. The molecule has 112 valence electrons. The van der Waals surface area contributed by atoms with Crippen molar-refractivity contribution >= 4 is 41.3 Å². The standard InChI is InChI=1S/C15H15ClN2OS.ClH/c16-14-6-5-13(20-14)15(19)18-9-12-11-4-2-1-3-10(11)7-8-17-12;/h1-6,12,17H,7-9H2,(H,18,19);1H. The number of carbonyl (C=O) groups excluding carboxylic acids is 1. The van der Waals surface area contributed by atoms with Gasteiger partial charge in [-0.05, 0) is 36.2 Å². The molecule has 2 heterocycles. The molecule has 0 fully saturated rings. The van der Waals surface area contributed by atoms with E-state index >= 15 is 0 Å². The number of hydrogen-bond donors (Lipinski definition) is 2. The fourth-order valence-electron chi connectivity index (χ4n) is 2.49. The van der Waals surface area contributed by atoms with Crippen molar-refractivity contribution in [2.75, 3.05) is 13.1 Å². The van der Waals surface area contributed by atoms with E-state index in [1.54, 1.807) is 12.1 Å². The molecule has 3 rings (SSSR count). The van der Waals surface area contributed by atoms with Gasteiger partial charge in [0, 0.05) is 12.6 Å². The Kier molecular flexibility index (Phi) is 5.65. The quantitative estimate of drug-likeness (QED) is 0.896. The maximum atomic E-state index is 12.0. The van der Waals surface area contributed by atoms with Gasteiger partial charge in [0.25, 0.3) is 5.91 Å². The molecular formula is C15H16Cl2N2OS. The van der Waals surface area contributed by atoms with Gasteiger partial charge in [-0.15, -0.1) is 23.7 Å². The summed E-state index contributed by atoms with van der Waals surface area (Å²) in [5, 5.41) is 6.42. The van der Waals surface area contributed by atoms with Crippen LogP contribution in [0.5, 0.6) is 0 Å². The van der Waals surface area contributed by atoms with Crippen molar-refractivity contribution in [2.24, 2.45) is 0 Å². The highest BCUT2D eigenvalue weighted by molar-refractivity contribution is 7.17. The lowest BCUT2D eigenvalue weighted by molar-refractivity contribution is 0.0953. The molecule has 1 aliphatic heterocycles. The first kappa shape index (κ1) is 16.3. The minimum atomic E-state index is -0.0632. The number of nitrogens with one attached hydrogen (secondary N) is 2. The number of benzene rings is 1. The number of hydrogen-bond acceptors (Lipinski definition) is 3. The summed E-state index contributed by atoms with van der Waals surface area (Å²) in [6.07, 6.45) is 1.04. The first-order valence-corrected chi connectivity index (χ1v) is 7.78. The molecule has 1 aromatic carbocycles. The molecule has 6 heteroatoms. The summed E-state index contributed by atoms with van der Waals surface area (Å²) in [7, 11) is 0. The Labute approximate surface area is 139 Å². The summed E-state index contributed by atoms with van der Waals surface area (Å²) in [4.78, 5) is 12.7. The summed E-state index contributed by atoms with van der Waals surface area (Å²) in [6, 6.07) is 12.1. The fraction of sp³-hybridized carbons (Fsp3) is 0.267. The third kappa shape index (κ3) is 3.77. The van der Waals surface area contributed by atoms with Crippen molar-refractivity contribution < 1.29 is 4.79 Å². The van der Waals surface area contributed by atoms with Gasteiger partial charge in [0.1, 0.15) is 0 Å². The molecule has 0 bridgehead atoms. The van der Waals surface area contributed by atoms with E-state index in [4.69, 9.17) is 11.6 Å². The summed E-state index contributed by atoms with van der Waals surface area (Å²) in [5.41, 5.74) is 2.65. The first-order valence-electron chi connectivity index (χ1n) is 6.59. The van der Waals surface area contributed by atoms with Crippen LogP contribution in [0, 0.1) is 0 Å². The summed E-state index contributed by atoms with van der Waals surface area (Å²) in [5.74, 6) is -0.0632. The van der Waals surface area contributed by atoms with Crippen molar-refractivity contribution in [3.8, 4) is 0 Å². The normalized spacial score (nSPS) is 16.7. The first-order chi connectivity index (χ1) is 9.74. The van der Waals surface area contributed by atoms with E-state index in [0.717, 1.165) is 13.0 Å². The largest absolute Gasteiger partial charge is 0.349 e. The van der Waals surface area contributed by atoms with Gasteiger partial charge in [0.2, 0.25) is 0 Å². The van der Waals surface area contributed by atoms with E-state index < -0.39 is 0 Å². The van der Waals surface area contributed by atoms with Gasteiger partial charge in [-0.3, -0.25) is 4.79 Å². The van der Waals surface area contributed by atoms with Crippen molar-refractivity contribution in [2.45, 2.75) is 12.5 Å². The van der Waals surface area contributed by atoms with Crippen LogP contribution in [0.2, 0.25) is 4.34 Å². The second-order valence-electron chi connectivity index (χ2n) is 4.77. The topological polar surface area (TPSA) is 41.1 Å². The molecule has 1 aliphatic rings. The highest BCUT2D eigenvalue weighted by Crippen LogP contribution is 2.23. The fourth-order valence-corrected chi connectivity index (χ4v) is 3.45. The molecule has 0 saturated carbocycles. The van der Waals surface area contributed by atoms with Crippen molar-refractivity contribution in [3.05, 3.63) is 56.7 Å². The Morgan fingerprint density at radius 2 is 2.14 bits per heavy atom. The lowest BCUT2D eigenvalue weighted by Gasteiger charge is -2.27. The number of carbonyl (C=O) groups is 1. The zero-order chi connectivity index (χ0) is 13.9. The Balaban J connectivity index is 0.00000161. The van der Waals surface area contributed by atoms with Crippen LogP contribution in [0.15, 0.2) is 36.4 Å². The molecule has 1 unspecified atom stereocenters. The van der Waals surface area contributed by atoms with Gasteiger partial charge in [-0.2, -0.15) is 0 Å². The minimum absolute atomic E-state index is 0. The van der Waals surface area contributed by atoms with Gasteiger partial charge in [0.15, 0.2) is 0 Å². The van der Waals surface area contributed by atoms with Crippen LogP contribution >= 0.6 is 35.3 Å². The number of fused-ring (bicyclic) bond motifs is 1. The van der Waals surface area contributed by atoms with Crippen molar-refractivity contribution in [3.63, 3.8) is 0 Å². The van der Waals surface area contributed by atoms with Crippen LogP contribution in [-0.4, -0.2) is 19.0 Å². The third-order valence-corrected chi connectivity index (χ3v) is 4.71. The molecule has 0 spiro atoms. The maximum absolute atomic E-state index is 12.0. The second kappa shape index (κ2) is 7.27. The average Bonchev–Trinajstić information content (AvgIpc) is 2.91. The summed E-state index contributed by atoms with van der Waals surface area (Å²) in [6.45, 7) is 1.54. The van der Waals surface area contributed by atoms with Crippen LogP contribution in [0.25, 0.3) is 0 Å². The maximum Gasteiger partial charge on any atom is 0.261 e. The lowest BCUT2D eigenvalue weighted by Crippen LogP contribution is -2.38. The molecule has 1 amide bonds. The lowest BCUT2D eigenvalue weighted by atomic mass is 9.94. The highest BCUT2D eigenvalue weighted by atomic mass is 35.5. The van der Waals surface area contributed by atoms with Gasteiger partial charge in [-0.25, -0.2) is 0 Å². The molecule has 1 aromatic heterocycles. The Morgan fingerprint density at radius 3 is 2.90 bits per heavy atom. The van der Waals surface area contributed by atoms with Gasteiger partial charge < -0.3 is 10.6 Å². The monoisotopic (exact) mass is 342 g/mol. The molecule has 3 nitrogen and oxygen atoms in total. The predicted octanol–water partition coefficient (Wildman–Crippen LogP) is 3.44. The number of halogens is 2. The van der Waals surface area contributed by atoms with E-state index in [0.29, 0.717) is 15.8 Å². The van der Waals surface area contributed by atoms with Crippen LogP contribution < -0.4 is 10.6 Å². The zero-order valence-electron chi connectivity index (χ0n) is 11.3. The third-order valence-electron chi connectivity index (χ3n) is 3.48. The second-order valence-corrected chi connectivity index (χ2v) is 6.48. The SMILES string of the molecule is Cl.O=C(NCC1NCCc2ccccc21)c1ccc(Cl)s1. The Bertz CT molecular complexity index is 630. The Hall–Kier alpha value is -1.07. The zero-order valence-corrected chi connectivity index (χ0v) is 13.7. The van der Waals surface area contributed by atoms with E-state index in [1.165, 1.54) is 22.5 Å². The molecule has 0 radical (unpaired) electrons. The summed E-state index contributed by atoms with van der Waals surface area (Å²) < 4.78 is 0.635. The van der Waals surface area contributed by atoms with E-state index in [2.05, 4.69) is 28.8 Å². The molecule has 2 N–H and O–H groups in total. The van der Waals surface area contributed by atoms with Crippen molar-refractivity contribution in [1.82, 2.24) is 10.6 Å². The molecule has 0 aliphatic carbocycles. The van der Waals surface area contributed by atoms with Crippen molar-refractivity contribution in [1.29, 1.82) is 0 Å². The van der Waals surface area contributed by atoms with Crippen LogP contribution in [0.3, 0.4) is 0 Å². The van der Waals surface area contributed by atoms with Crippen LogP contribution in [0.1, 0.15) is 26.8 Å². The number of thiophene rings is 1. The molecule has 0 saturated heterocycles. The molecule has 1 atom stereocenters. The van der Waals surface area contributed by atoms with Gasteiger partial charge in [0.05, 0.1) is 9.21 Å². The van der Waals surface area contributed by atoms with E-state index in [-0.39, 0.29) is 24.4 Å². The predicted molar refractivity (Wildman–Crippen MR) is 89.8 cm³/mol. The smallest absolute Gasteiger partial charge is 0.261 e. The minimum Gasteiger partial charge on any atom is -0.349 e. The summed E-state index contributed by atoms with van der Waals surface area (Å²) >= 11 is 7.15. The van der Waals surface area contributed by atoms with Crippen LogP contribution in [-0.2, 0) is 6.42 Å². The molecular weight excluding hydrogens is 327 g/mol. The number of rotatable bonds is 3. The van der Waals surface area contributed by atoms with E-state index in [1.807, 2.05) is 6.07 Å². The van der Waals surface area contributed by atoms with Crippen LogP contribution in [0.4, 0.5) is 0 Å². The average molecular weight is 343 g/mol. The molecule has 2 aromatic rings. The van der Waals surface area contributed by atoms with Gasteiger partial charge >= 0.3 is 0 Å². The number of amides is 1. The Morgan fingerprint density at radius 1 is 1.33 bits per heavy atom.